The number of hydrogen-bond acceptors (Lipinski definition) is 3. The van der Waals surface area contributed by atoms with Crippen LogP contribution in [0.4, 0.5) is 0 Å². The van der Waals surface area contributed by atoms with Gasteiger partial charge < -0.3 is 9.84 Å². The number of aliphatic carboxylic acids is 1. The molecule has 0 amide bonds. The van der Waals surface area contributed by atoms with Gasteiger partial charge in [0, 0.05) is 0 Å². The lowest BCUT2D eigenvalue weighted by atomic mass is 9.87. The first-order valence-corrected chi connectivity index (χ1v) is 10.5. The van der Waals surface area contributed by atoms with Gasteiger partial charge >= 0.3 is 5.97 Å². The average molecular weight is 391 g/mol. The zero-order chi connectivity index (χ0) is 21.2. The number of unbranched alkanes of at least 4 members (excludes halogenated alkanes) is 3. The molecule has 0 aliphatic carbocycles. The Balaban J connectivity index is 2.34. The number of benzene rings is 1. The predicted molar refractivity (Wildman–Crippen MR) is 114 cm³/mol. The van der Waals surface area contributed by atoms with Crippen molar-refractivity contribution in [3.63, 3.8) is 0 Å². The molecular weight excluding hydrogens is 352 g/mol. The Labute approximate surface area is 170 Å². The van der Waals surface area contributed by atoms with Crippen LogP contribution in [0.2, 0.25) is 0 Å². The van der Waals surface area contributed by atoms with Crippen LogP contribution in [0.15, 0.2) is 18.2 Å². The van der Waals surface area contributed by atoms with Gasteiger partial charge in [-0.3, -0.25) is 9.59 Å². The van der Waals surface area contributed by atoms with Crippen molar-refractivity contribution >= 4 is 12.4 Å². The van der Waals surface area contributed by atoms with Gasteiger partial charge in [0.1, 0.15) is 5.60 Å². The molecule has 0 saturated carbocycles. The van der Waals surface area contributed by atoms with Crippen LogP contribution in [0.5, 0.6) is 0 Å². The van der Waals surface area contributed by atoms with Gasteiger partial charge in [-0.1, -0.05) is 31.0 Å². The molecule has 0 aliphatic rings. The van der Waals surface area contributed by atoms with Gasteiger partial charge in [0.25, 0.3) is 6.47 Å². The Hall–Kier alpha value is -1.84. The van der Waals surface area contributed by atoms with Crippen LogP contribution in [-0.4, -0.2) is 23.1 Å². The maximum atomic E-state index is 11.1. The summed E-state index contributed by atoms with van der Waals surface area (Å²) in [6.07, 6.45) is 8.95. The summed E-state index contributed by atoms with van der Waals surface area (Å²) in [5.74, 6) is -0.710. The van der Waals surface area contributed by atoms with Crippen LogP contribution >= 0.6 is 0 Å². The summed E-state index contributed by atoms with van der Waals surface area (Å²) in [6, 6.07) is 6.75. The van der Waals surface area contributed by atoms with Crippen molar-refractivity contribution in [1.82, 2.24) is 0 Å². The maximum Gasteiger partial charge on any atom is 0.309 e. The monoisotopic (exact) mass is 390 g/mol. The largest absolute Gasteiger partial charge is 0.481 e. The third-order valence-corrected chi connectivity index (χ3v) is 5.60. The minimum Gasteiger partial charge on any atom is -0.481 e. The number of carboxylic acids is 1. The van der Waals surface area contributed by atoms with E-state index in [9.17, 15) is 9.59 Å². The van der Waals surface area contributed by atoms with Gasteiger partial charge in [-0.25, -0.2) is 0 Å². The molecule has 1 N–H and O–H groups in total. The van der Waals surface area contributed by atoms with E-state index in [4.69, 9.17) is 9.84 Å². The van der Waals surface area contributed by atoms with Crippen LogP contribution in [0.1, 0.15) is 89.3 Å². The summed E-state index contributed by atoms with van der Waals surface area (Å²) >= 11 is 0. The lowest BCUT2D eigenvalue weighted by molar-refractivity contribution is -0.147. The standard InChI is InChI=1S/C24H38O4/c1-19-17-20(11-7-6-9-15-23(2,3)22(26)27)13-14-21(19)12-8-10-16-24(4,5)28-18-25/h13-14,17-18H,6-12,15-16H2,1-5H3,(H,26,27). The second kappa shape index (κ2) is 11.2. The normalized spacial score (nSPS) is 12.0. The lowest BCUT2D eigenvalue weighted by Crippen LogP contribution is -2.23. The number of ether oxygens (including phenoxy) is 1. The molecule has 4 heteroatoms. The Morgan fingerprint density at radius 2 is 1.64 bits per heavy atom. The molecule has 0 heterocycles. The number of carbonyl (C=O) groups is 2. The Morgan fingerprint density at radius 1 is 1.00 bits per heavy atom. The molecule has 0 aliphatic heterocycles. The molecule has 1 rings (SSSR count). The van der Waals surface area contributed by atoms with E-state index in [2.05, 4.69) is 25.1 Å². The molecule has 28 heavy (non-hydrogen) atoms. The Kier molecular flexibility index (Phi) is 9.71. The Bertz CT molecular complexity index is 631. The first-order chi connectivity index (χ1) is 13.1. The van der Waals surface area contributed by atoms with Crippen LogP contribution in [-0.2, 0) is 27.2 Å². The van der Waals surface area contributed by atoms with Crippen molar-refractivity contribution in [3.8, 4) is 0 Å². The highest BCUT2D eigenvalue weighted by atomic mass is 16.5. The van der Waals surface area contributed by atoms with E-state index in [-0.39, 0.29) is 5.60 Å². The van der Waals surface area contributed by atoms with Gasteiger partial charge in [-0.2, -0.15) is 0 Å². The minimum absolute atomic E-state index is 0.375. The molecule has 0 fully saturated rings. The van der Waals surface area contributed by atoms with E-state index >= 15 is 0 Å². The SMILES string of the molecule is Cc1cc(CCCCCC(C)(C)C(=O)O)ccc1CCCCC(C)(C)OC=O. The van der Waals surface area contributed by atoms with Crippen molar-refractivity contribution in [1.29, 1.82) is 0 Å². The summed E-state index contributed by atoms with van der Waals surface area (Å²) in [6.45, 7) is 10.2. The molecule has 0 aromatic heterocycles. The van der Waals surface area contributed by atoms with Crippen molar-refractivity contribution in [2.45, 2.75) is 98.0 Å². The first-order valence-electron chi connectivity index (χ1n) is 10.5. The second-order valence-electron chi connectivity index (χ2n) is 9.19. The van der Waals surface area contributed by atoms with Crippen molar-refractivity contribution in [2.24, 2.45) is 5.41 Å². The average Bonchev–Trinajstić information content (AvgIpc) is 2.59. The van der Waals surface area contributed by atoms with Crippen molar-refractivity contribution < 1.29 is 19.4 Å². The number of rotatable bonds is 14. The third kappa shape index (κ3) is 8.90. The third-order valence-electron chi connectivity index (χ3n) is 5.60. The molecule has 0 bridgehead atoms. The van der Waals surface area contributed by atoms with Gasteiger partial charge in [0.2, 0.25) is 0 Å². The summed E-state index contributed by atoms with van der Waals surface area (Å²) in [5.41, 5.74) is 3.10. The minimum atomic E-state index is -0.710. The van der Waals surface area contributed by atoms with E-state index in [1.807, 2.05) is 13.8 Å². The molecule has 0 radical (unpaired) electrons. The van der Waals surface area contributed by atoms with Crippen LogP contribution < -0.4 is 0 Å². The summed E-state index contributed by atoms with van der Waals surface area (Å²) < 4.78 is 5.10. The molecule has 0 atom stereocenters. The van der Waals surface area contributed by atoms with E-state index in [1.165, 1.54) is 16.7 Å². The highest BCUT2D eigenvalue weighted by molar-refractivity contribution is 5.73. The summed E-state index contributed by atoms with van der Waals surface area (Å²) in [4.78, 5) is 21.6. The van der Waals surface area contributed by atoms with E-state index in [1.54, 1.807) is 13.8 Å². The fourth-order valence-electron chi connectivity index (χ4n) is 3.43. The fraction of sp³-hybridized carbons (Fsp3) is 0.667. The van der Waals surface area contributed by atoms with E-state index in [0.29, 0.717) is 6.47 Å². The van der Waals surface area contributed by atoms with E-state index in [0.717, 1.165) is 57.8 Å². The molecular formula is C24H38O4. The smallest absolute Gasteiger partial charge is 0.309 e. The number of hydrogen-bond donors (Lipinski definition) is 1. The quantitative estimate of drug-likeness (QED) is 0.318. The molecule has 158 valence electrons. The second-order valence-corrected chi connectivity index (χ2v) is 9.19. The predicted octanol–water partition coefficient (Wildman–Crippen LogP) is 5.87. The van der Waals surface area contributed by atoms with Crippen LogP contribution in [0.3, 0.4) is 0 Å². The van der Waals surface area contributed by atoms with Gasteiger partial charge in [0.15, 0.2) is 0 Å². The molecule has 1 aromatic rings. The number of carboxylic acid groups (broad SMARTS) is 1. The lowest BCUT2D eigenvalue weighted by Gasteiger charge is -2.22. The van der Waals surface area contributed by atoms with Crippen molar-refractivity contribution in [3.05, 3.63) is 34.9 Å². The Morgan fingerprint density at radius 3 is 2.25 bits per heavy atom. The zero-order valence-electron chi connectivity index (χ0n) is 18.3. The maximum absolute atomic E-state index is 11.1. The fourth-order valence-corrected chi connectivity index (χ4v) is 3.43. The van der Waals surface area contributed by atoms with Gasteiger partial charge in [0.05, 0.1) is 5.41 Å². The molecule has 1 aromatic carbocycles. The molecule has 0 unspecified atom stereocenters. The zero-order valence-corrected chi connectivity index (χ0v) is 18.3. The van der Waals surface area contributed by atoms with Crippen LogP contribution in [0.25, 0.3) is 0 Å². The number of carbonyl (C=O) groups excluding carboxylic acids is 1. The molecule has 0 saturated heterocycles. The molecule has 4 nitrogen and oxygen atoms in total. The highest BCUT2D eigenvalue weighted by Gasteiger charge is 2.25. The summed E-state index contributed by atoms with van der Waals surface area (Å²) in [7, 11) is 0. The van der Waals surface area contributed by atoms with Gasteiger partial charge in [-0.05, 0) is 96.3 Å². The van der Waals surface area contributed by atoms with Crippen LogP contribution in [0, 0.1) is 12.3 Å². The molecule has 0 spiro atoms. The topological polar surface area (TPSA) is 63.6 Å². The van der Waals surface area contributed by atoms with Gasteiger partial charge in [-0.15, -0.1) is 0 Å². The first kappa shape index (κ1) is 24.2. The number of aryl methyl sites for hydroxylation is 3. The summed E-state index contributed by atoms with van der Waals surface area (Å²) in [5, 5.41) is 9.15. The highest BCUT2D eigenvalue weighted by Crippen LogP contribution is 2.24. The van der Waals surface area contributed by atoms with E-state index < -0.39 is 11.4 Å². The van der Waals surface area contributed by atoms with Crippen molar-refractivity contribution in [2.75, 3.05) is 0 Å².